The van der Waals surface area contributed by atoms with E-state index < -0.39 is 0 Å². The van der Waals surface area contributed by atoms with Crippen molar-refractivity contribution < 1.29 is 4.79 Å². The van der Waals surface area contributed by atoms with Gasteiger partial charge in [0.1, 0.15) is 5.82 Å². The number of pyridine rings is 2. The van der Waals surface area contributed by atoms with Crippen LogP contribution in [0, 0.1) is 5.92 Å². The van der Waals surface area contributed by atoms with Gasteiger partial charge >= 0.3 is 0 Å². The van der Waals surface area contributed by atoms with Gasteiger partial charge in [-0.15, -0.1) is 0 Å². The number of hydrogen-bond donors (Lipinski definition) is 2. The van der Waals surface area contributed by atoms with E-state index >= 15 is 0 Å². The number of nitrogens with zero attached hydrogens (tertiary/aromatic N) is 2. The molecule has 0 amide bonds. The van der Waals surface area contributed by atoms with Crippen LogP contribution in [0.25, 0.3) is 10.9 Å². The lowest BCUT2D eigenvalue weighted by molar-refractivity contribution is 0.0968. The second-order valence-corrected chi connectivity index (χ2v) is 7.35. The number of halogens is 1. The Morgan fingerprint density at radius 3 is 2.73 bits per heavy atom. The van der Waals surface area contributed by atoms with Crippen molar-refractivity contribution in [1.82, 2.24) is 9.97 Å². The van der Waals surface area contributed by atoms with Crippen LogP contribution in [0.3, 0.4) is 0 Å². The lowest BCUT2D eigenvalue weighted by atomic mass is 10.0. The molecular weight excluding hydrogens is 392 g/mol. The van der Waals surface area contributed by atoms with Crippen molar-refractivity contribution in [2.45, 2.75) is 19.8 Å². The first-order valence-corrected chi connectivity index (χ1v) is 9.54. The van der Waals surface area contributed by atoms with Crippen LogP contribution in [0.4, 0.5) is 17.2 Å². The number of hydrogen-bond acceptors (Lipinski definition) is 5. The molecule has 0 bridgehead atoms. The summed E-state index contributed by atoms with van der Waals surface area (Å²) in [4.78, 5) is 21.7. The molecule has 4 rings (SSSR count). The van der Waals surface area contributed by atoms with E-state index in [1.807, 2.05) is 37.3 Å². The molecule has 0 spiro atoms. The molecule has 5 nitrogen and oxygen atoms in total. The van der Waals surface area contributed by atoms with E-state index in [9.17, 15) is 4.79 Å². The van der Waals surface area contributed by atoms with Crippen molar-refractivity contribution in [2.75, 3.05) is 17.2 Å². The summed E-state index contributed by atoms with van der Waals surface area (Å²) in [5.74, 6) is 1.13. The van der Waals surface area contributed by atoms with Gasteiger partial charge in [-0.1, -0.05) is 15.9 Å². The molecule has 2 N–H and O–H groups in total. The summed E-state index contributed by atoms with van der Waals surface area (Å²) < 4.78 is 0.950. The molecule has 2 aromatic heterocycles. The molecular formula is C20H19BrN4O. The van der Waals surface area contributed by atoms with E-state index in [1.54, 1.807) is 12.4 Å². The number of ketones is 1. The molecule has 0 radical (unpaired) electrons. The Hall–Kier alpha value is -2.47. The second kappa shape index (κ2) is 7.03. The summed E-state index contributed by atoms with van der Waals surface area (Å²) in [5.41, 5.74) is 3.13. The first kappa shape index (κ1) is 17.0. The minimum absolute atomic E-state index is 0.135. The first-order chi connectivity index (χ1) is 12.7. The molecule has 6 heteroatoms. The van der Waals surface area contributed by atoms with Gasteiger partial charge in [0.05, 0.1) is 28.7 Å². The largest absolute Gasteiger partial charge is 0.370 e. The van der Waals surface area contributed by atoms with Crippen molar-refractivity contribution in [2.24, 2.45) is 5.92 Å². The van der Waals surface area contributed by atoms with Gasteiger partial charge in [0.2, 0.25) is 0 Å². The van der Waals surface area contributed by atoms with Gasteiger partial charge in [0, 0.05) is 28.5 Å². The maximum absolute atomic E-state index is 12.8. The number of aromatic nitrogens is 2. The fourth-order valence-corrected chi connectivity index (χ4v) is 3.31. The van der Waals surface area contributed by atoms with Crippen molar-refractivity contribution >= 4 is 49.8 Å². The Morgan fingerprint density at radius 2 is 2.04 bits per heavy atom. The van der Waals surface area contributed by atoms with Gasteiger partial charge in [0.25, 0.3) is 0 Å². The highest BCUT2D eigenvalue weighted by Gasteiger charge is 2.32. The van der Waals surface area contributed by atoms with Gasteiger partial charge in [-0.05, 0) is 50.1 Å². The van der Waals surface area contributed by atoms with Crippen LogP contribution >= 0.6 is 15.9 Å². The molecule has 0 atom stereocenters. The molecule has 1 aliphatic rings. The topological polar surface area (TPSA) is 66.9 Å². The molecule has 3 aromatic rings. The third kappa shape index (κ3) is 3.42. The zero-order valence-corrected chi connectivity index (χ0v) is 16.0. The first-order valence-electron chi connectivity index (χ1n) is 8.75. The van der Waals surface area contributed by atoms with Gasteiger partial charge in [-0.25, -0.2) is 4.98 Å². The average molecular weight is 411 g/mol. The molecule has 0 unspecified atom stereocenters. The number of Topliss-reactive ketones (excluding diaryl/α,β-unsaturated/α-hetero) is 1. The van der Waals surface area contributed by atoms with Crippen LogP contribution in [-0.2, 0) is 0 Å². The maximum Gasteiger partial charge on any atom is 0.169 e. The molecule has 1 saturated carbocycles. The van der Waals surface area contributed by atoms with E-state index in [2.05, 4.69) is 36.5 Å². The van der Waals surface area contributed by atoms with Crippen LogP contribution in [0.5, 0.6) is 0 Å². The van der Waals surface area contributed by atoms with Crippen molar-refractivity contribution in [3.63, 3.8) is 0 Å². The molecule has 26 heavy (non-hydrogen) atoms. The lowest BCUT2D eigenvalue weighted by Gasteiger charge is -2.14. The Balaban J connectivity index is 1.78. The molecule has 1 aromatic carbocycles. The van der Waals surface area contributed by atoms with Gasteiger partial charge in [0.15, 0.2) is 5.78 Å². The highest BCUT2D eigenvalue weighted by Crippen LogP contribution is 2.38. The number of anilines is 3. The Bertz CT molecular complexity index is 967. The summed E-state index contributed by atoms with van der Waals surface area (Å²) in [6.45, 7) is 2.85. The zero-order valence-electron chi connectivity index (χ0n) is 14.4. The van der Waals surface area contributed by atoms with Crippen LogP contribution < -0.4 is 10.6 Å². The third-order valence-corrected chi connectivity index (χ3v) is 4.93. The van der Waals surface area contributed by atoms with Crippen molar-refractivity contribution in [3.05, 3.63) is 52.8 Å². The molecule has 132 valence electrons. The predicted octanol–water partition coefficient (Wildman–Crippen LogP) is 5.16. The minimum atomic E-state index is 0.135. The Kier molecular flexibility index (Phi) is 4.59. The number of fused-ring (bicyclic) bond motifs is 1. The van der Waals surface area contributed by atoms with E-state index in [0.29, 0.717) is 5.56 Å². The molecule has 0 aliphatic heterocycles. The molecule has 2 heterocycles. The average Bonchev–Trinajstić information content (AvgIpc) is 3.48. The normalized spacial score (nSPS) is 13.6. The summed E-state index contributed by atoms with van der Waals surface area (Å²) >= 11 is 3.52. The van der Waals surface area contributed by atoms with Crippen molar-refractivity contribution in [1.29, 1.82) is 0 Å². The minimum Gasteiger partial charge on any atom is -0.370 e. The number of rotatable bonds is 6. The quantitative estimate of drug-likeness (QED) is 0.549. The highest BCUT2D eigenvalue weighted by molar-refractivity contribution is 9.10. The van der Waals surface area contributed by atoms with Crippen LogP contribution in [0.15, 0.2) is 47.2 Å². The zero-order chi connectivity index (χ0) is 18.1. The maximum atomic E-state index is 12.8. The number of nitrogens with one attached hydrogen (secondary N) is 2. The number of carbonyl (C=O) groups excluding carboxylic acids is 1. The van der Waals surface area contributed by atoms with Crippen LogP contribution in [0.1, 0.15) is 30.1 Å². The smallest absolute Gasteiger partial charge is 0.169 e. The monoisotopic (exact) mass is 410 g/mol. The van der Waals surface area contributed by atoms with E-state index in [-0.39, 0.29) is 11.7 Å². The van der Waals surface area contributed by atoms with Gasteiger partial charge < -0.3 is 10.6 Å². The third-order valence-electron chi connectivity index (χ3n) is 4.43. The summed E-state index contributed by atoms with van der Waals surface area (Å²) in [5, 5.41) is 7.50. The standard InChI is InChI=1S/C20H19BrN4O/c1-2-22-18-8-6-14(10-24-18)25-19-15-9-13(21)5-7-17(15)23-11-16(19)20(26)12-3-4-12/h5-12H,2-4H2,1H3,(H,22,24)(H,23,25). The number of benzene rings is 1. The summed E-state index contributed by atoms with van der Waals surface area (Å²) in [6, 6.07) is 9.78. The lowest BCUT2D eigenvalue weighted by Crippen LogP contribution is -2.08. The summed E-state index contributed by atoms with van der Waals surface area (Å²) in [6.07, 6.45) is 5.40. The van der Waals surface area contributed by atoms with Crippen LogP contribution in [0.2, 0.25) is 0 Å². The fourth-order valence-electron chi connectivity index (χ4n) is 2.95. The summed E-state index contributed by atoms with van der Waals surface area (Å²) in [7, 11) is 0. The van der Waals surface area contributed by atoms with Crippen molar-refractivity contribution in [3.8, 4) is 0 Å². The number of carbonyl (C=O) groups is 1. The Morgan fingerprint density at radius 1 is 1.19 bits per heavy atom. The molecule has 1 fully saturated rings. The van der Waals surface area contributed by atoms with E-state index in [0.717, 1.165) is 52.0 Å². The van der Waals surface area contributed by atoms with Crippen LogP contribution in [-0.4, -0.2) is 22.3 Å². The Labute approximate surface area is 160 Å². The fraction of sp³-hybridized carbons (Fsp3) is 0.250. The highest BCUT2D eigenvalue weighted by atomic mass is 79.9. The predicted molar refractivity (Wildman–Crippen MR) is 108 cm³/mol. The molecule has 1 aliphatic carbocycles. The van der Waals surface area contributed by atoms with E-state index in [4.69, 9.17) is 0 Å². The van der Waals surface area contributed by atoms with E-state index in [1.165, 1.54) is 0 Å². The second-order valence-electron chi connectivity index (χ2n) is 6.43. The molecule has 0 saturated heterocycles. The van der Waals surface area contributed by atoms with Gasteiger partial charge in [-0.2, -0.15) is 0 Å². The van der Waals surface area contributed by atoms with Gasteiger partial charge in [-0.3, -0.25) is 9.78 Å². The SMILES string of the molecule is CCNc1ccc(Nc2c(C(=O)C3CC3)cnc3ccc(Br)cc23)cn1.